The zero-order valence-electron chi connectivity index (χ0n) is 20.3. The fourth-order valence-electron chi connectivity index (χ4n) is 4.06. The van der Waals surface area contributed by atoms with E-state index in [1.54, 1.807) is 4.68 Å². The minimum Gasteiger partial charge on any atom is -0.487 e. The molecule has 0 aliphatic heterocycles. The maximum Gasteiger partial charge on any atom is 0.249 e. The third-order valence-corrected chi connectivity index (χ3v) is 6.14. The molecule has 1 amide bonds. The Kier molecular flexibility index (Phi) is 7.05. The number of aliphatic hydroxyl groups is 1. The number of benzene rings is 2. The normalized spacial score (nSPS) is 13.0. The highest BCUT2D eigenvalue weighted by molar-refractivity contribution is 6.31. The first kappa shape index (κ1) is 24.6. The van der Waals surface area contributed by atoms with Gasteiger partial charge in [0.05, 0.1) is 11.7 Å². The molecule has 182 valence electrons. The van der Waals surface area contributed by atoms with Gasteiger partial charge in [-0.25, -0.2) is 14.6 Å². The van der Waals surface area contributed by atoms with E-state index in [2.05, 4.69) is 15.4 Å². The van der Waals surface area contributed by atoms with Crippen LogP contribution in [0.15, 0.2) is 42.7 Å². The van der Waals surface area contributed by atoms with Crippen molar-refractivity contribution in [3.05, 3.63) is 76.0 Å². The predicted octanol–water partition coefficient (Wildman–Crippen LogP) is 4.53. The molecule has 0 unspecified atom stereocenters. The number of hydrogen-bond acceptors (Lipinski definition) is 6. The number of aryl methyl sites for hydroxylation is 3. The fourth-order valence-corrected chi connectivity index (χ4v) is 4.39. The van der Waals surface area contributed by atoms with E-state index in [9.17, 15) is 9.90 Å². The Balaban J connectivity index is 1.71. The van der Waals surface area contributed by atoms with Crippen molar-refractivity contribution in [2.75, 3.05) is 0 Å². The third kappa shape index (κ3) is 5.13. The Morgan fingerprint density at radius 1 is 1.20 bits per heavy atom. The predicted molar refractivity (Wildman–Crippen MR) is 135 cm³/mol. The highest BCUT2D eigenvalue weighted by Crippen LogP contribution is 2.32. The summed E-state index contributed by atoms with van der Waals surface area (Å²) in [5.74, 6) is 0.924. The van der Waals surface area contributed by atoms with E-state index < -0.39 is 12.0 Å². The molecule has 0 fully saturated rings. The van der Waals surface area contributed by atoms with E-state index in [4.69, 9.17) is 21.3 Å². The van der Waals surface area contributed by atoms with Crippen LogP contribution in [0.1, 0.15) is 48.1 Å². The number of ether oxygens (including phenoxy) is 1. The van der Waals surface area contributed by atoms with Crippen molar-refractivity contribution >= 4 is 28.4 Å². The minimum absolute atomic E-state index is 0.176. The Bertz CT molecular complexity index is 1400. The summed E-state index contributed by atoms with van der Waals surface area (Å²) in [6, 6.07) is 11.2. The van der Waals surface area contributed by atoms with Crippen LogP contribution in [-0.2, 0) is 11.4 Å². The molecule has 35 heavy (non-hydrogen) atoms. The van der Waals surface area contributed by atoms with E-state index in [0.29, 0.717) is 16.3 Å². The number of halogens is 1. The topological polar surface area (TPSA) is 102 Å². The highest BCUT2D eigenvalue weighted by atomic mass is 35.5. The van der Waals surface area contributed by atoms with Gasteiger partial charge in [-0.15, -0.1) is 0 Å². The van der Waals surface area contributed by atoms with Gasteiger partial charge >= 0.3 is 0 Å². The van der Waals surface area contributed by atoms with Crippen molar-refractivity contribution < 1.29 is 14.6 Å². The summed E-state index contributed by atoms with van der Waals surface area (Å²) in [6.07, 6.45) is 0.417. The van der Waals surface area contributed by atoms with Crippen molar-refractivity contribution in [3.8, 4) is 11.4 Å². The molecule has 2 atom stereocenters. The molecule has 2 heterocycles. The smallest absolute Gasteiger partial charge is 0.249 e. The summed E-state index contributed by atoms with van der Waals surface area (Å²) in [7, 11) is 0. The molecular weight excluding hydrogens is 466 g/mol. The van der Waals surface area contributed by atoms with Gasteiger partial charge in [0, 0.05) is 21.7 Å². The Morgan fingerprint density at radius 2 is 1.97 bits per heavy atom. The lowest BCUT2D eigenvalue weighted by atomic mass is 9.99. The van der Waals surface area contributed by atoms with E-state index in [1.165, 1.54) is 13.3 Å². The van der Waals surface area contributed by atoms with Crippen LogP contribution in [0.25, 0.3) is 16.6 Å². The van der Waals surface area contributed by atoms with Crippen molar-refractivity contribution in [2.24, 2.45) is 0 Å². The SMILES string of the molecule is Cc1cc(Cl)c(COc2cccc3c(-n4ncnc4C)cc(C)nc23)c([C@H](C)NC(=O)[C@@H](C)O)c1. The molecule has 4 aromatic rings. The average molecular weight is 494 g/mol. The summed E-state index contributed by atoms with van der Waals surface area (Å²) < 4.78 is 8.05. The Labute approximate surface area is 208 Å². The van der Waals surface area contributed by atoms with E-state index >= 15 is 0 Å². The van der Waals surface area contributed by atoms with Crippen LogP contribution in [0.5, 0.6) is 5.75 Å². The molecule has 0 bridgehead atoms. The number of aliphatic hydroxyl groups excluding tert-OH is 1. The first-order valence-corrected chi connectivity index (χ1v) is 11.7. The van der Waals surface area contributed by atoms with Gasteiger partial charge in [-0.3, -0.25) is 4.79 Å². The molecule has 0 radical (unpaired) electrons. The lowest BCUT2D eigenvalue weighted by Gasteiger charge is -2.21. The largest absolute Gasteiger partial charge is 0.487 e. The molecule has 0 aliphatic rings. The monoisotopic (exact) mass is 493 g/mol. The number of fused-ring (bicyclic) bond motifs is 1. The van der Waals surface area contributed by atoms with Crippen LogP contribution < -0.4 is 10.1 Å². The molecule has 8 nitrogen and oxygen atoms in total. The minimum atomic E-state index is -1.11. The second-order valence-electron chi connectivity index (χ2n) is 8.66. The maximum absolute atomic E-state index is 12.1. The van der Waals surface area contributed by atoms with E-state index in [-0.39, 0.29) is 12.6 Å². The van der Waals surface area contributed by atoms with Gasteiger partial charge in [-0.05, 0) is 63.9 Å². The zero-order valence-corrected chi connectivity index (χ0v) is 21.1. The van der Waals surface area contributed by atoms with Gasteiger partial charge in [-0.2, -0.15) is 5.10 Å². The van der Waals surface area contributed by atoms with Crippen LogP contribution >= 0.6 is 11.6 Å². The summed E-state index contributed by atoms with van der Waals surface area (Å²) in [6.45, 7) is 9.22. The van der Waals surface area contributed by atoms with Gasteiger partial charge in [0.2, 0.25) is 5.91 Å². The second-order valence-corrected chi connectivity index (χ2v) is 9.07. The van der Waals surface area contributed by atoms with Crippen LogP contribution in [-0.4, -0.2) is 36.9 Å². The van der Waals surface area contributed by atoms with Crippen LogP contribution in [0.2, 0.25) is 5.02 Å². The molecule has 2 aromatic heterocycles. The van der Waals surface area contributed by atoms with Crippen molar-refractivity contribution in [2.45, 2.75) is 53.4 Å². The van der Waals surface area contributed by atoms with Crippen molar-refractivity contribution in [1.29, 1.82) is 0 Å². The number of aromatic nitrogens is 4. The Hall–Kier alpha value is -3.49. The maximum atomic E-state index is 12.1. The van der Waals surface area contributed by atoms with Gasteiger partial charge in [0.1, 0.15) is 36.1 Å². The molecule has 0 saturated heterocycles. The molecule has 0 saturated carbocycles. The highest BCUT2D eigenvalue weighted by Gasteiger charge is 2.20. The zero-order chi connectivity index (χ0) is 25.3. The number of pyridine rings is 1. The van der Waals surface area contributed by atoms with E-state index in [1.807, 2.05) is 64.1 Å². The third-order valence-electron chi connectivity index (χ3n) is 5.81. The summed E-state index contributed by atoms with van der Waals surface area (Å²) in [4.78, 5) is 21.1. The number of rotatable bonds is 7. The van der Waals surface area contributed by atoms with Crippen molar-refractivity contribution in [3.63, 3.8) is 0 Å². The molecule has 0 spiro atoms. The standard InChI is InChI=1S/C26H28ClN5O3/c1-14-9-20(16(3)31-26(34)17(4)33)21(22(27)10-14)12-35-24-8-6-7-19-23(11-15(2)30-25(19)24)32-18(5)28-13-29-32/h6-11,13,16-17,33H,12H2,1-5H3,(H,31,34)/t16-,17+/m0/s1. The van der Waals surface area contributed by atoms with Crippen LogP contribution in [0.3, 0.4) is 0 Å². The van der Waals surface area contributed by atoms with Gasteiger partial charge in [0.15, 0.2) is 0 Å². The summed E-state index contributed by atoms with van der Waals surface area (Å²) in [5, 5.41) is 18.2. The quantitative estimate of drug-likeness (QED) is 0.392. The number of amides is 1. The molecule has 4 rings (SSSR count). The number of hydrogen-bond donors (Lipinski definition) is 2. The molecular formula is C26H28ClN5O3. The van der Waals surface area contributed by atoms with Gasteiger partial charge in [-0.1, -0.05) is 29.8 Å². The summed E-state index contributed by atoms with van der Waals surface area (Å²) >= 11 is 6.62. The first-order valence-electron chi connectivity index (χ1n) is 11.3. The number of carbonyl (C=O) groups is 1. The average Bonchev–Trinajstić information content (AvgIpc) is 3.23. The first-order chi connectivity index (χ1) is 16.7. The molecule has 2 N–H and O–H groups in total. The molecule has 9 heteroatoms. The van der Waals surface area contributed by atoms with Crippen molar-refractivity contribution in [1.82, 2.24) is 25.1 Å². The number of nitrogens with one attached hydrogen (secondary N) is 1. The van der Waals surface area contributed by atoms with Crippen LogP contribution in [0.4, 0.5) is 0 Å². The number of carbonyl (C=O) groups excluding carboxylic acids is 1. The van der Waals surface area contributed by atoms with Crippen LogP contribution in [0, 0.1) is 20.8 Å². The lowest BCUT2D eigenvalue weighted by Crippen LogP contribution is -2.34. The second kappa shape index (κ2) is 10.0. The fraction of sp³-hybridized carbons (Fsp3) is 0.308. The lowest BCUT2D eigenvalue weighted by molar-refractivity contribution is -0.129. The summed E-state index contributed by atoms with van der Waals surface area (Å²) in [5.41, 5.74) is 4.94. The van der Waals surface area contributed by atoms with Gasteiger partial charge in [0.25, 0.3) is 0 Å². The Morgan fingerprint density at radius 3 is 2.66 bits per heavy atom. The molecule has 0 aliphatic carbocycles. The number of para-hydroxylation sites is 1. The number of nitrogens with zero attached hydrogens (tertiary/aromatic N) is 4. The van der Waals surface area contributed by atoms with E-state index in [0.717, 1.165) is 39.3 Å². The van der Waals surface area contributed by atoms with Gasteiger partial charge < -0.3 is 15.2 Å². The molecule has 2 aromatic carbocycles.